The van der Waals surface area contributed by atoms with Gasteiger partial charge in [-0.1, -0.05) is 36.4 Å². The number of aryl methyl sites for hydroxylation is 1. The third kappa shape index (κ3) is 5.34. The van der Waals surface area contributed by atoms with Crippen LogP contribution in [0.5, 0.6) is 0 Å². The fourth-order valence-electron chi connectivity index (χ4n) is 2.62. The van der Waals surface area contributed by atoms with E-state index >= 15 is 0 Å². The van der Waals surface area contributed by atoms with E-state index in [9.17, 15) is 9.18 Å². The summed E-state index contributed by atoms with van der Waals surface area (Å²) in [5, 5.41) is 5.97. The lowest BCUT2D eigenvalue weighted by molar-refractivity contribution is 0.0949. The summed E-state index contributed by atoms with van der Waals surface area (Å²) < 4.78 is 12.9. The third-order valence-electron chi connectivity index (χ3n) is 4.20. The molecule has 2 aromatic carbocycles. The van der Waals surface area contributed by atoms with Gasteiger partial charge in [-0.05, 0) is 48.2 Å². The standard InChI is InChI=1S/C21H21FN4O/c1-15-4-2-3-5-17(15)14-25-21-24-13-11-19(26-21)20(27)23-12-10-16-6-8-18(22)9-7-16/h2-9,11,13H,10,12,14H2,1H3,(H,23,27)(H,24,25,26). The predicted octanol–water partition coefficient (Wildman–Crippen LogP) is 3.51. The average molecular weight is 364 g/mol. The molecule has 0 spiro atoms. The van der Waals surface area contributed by atoms with Crippen molar-refractivity contribution in [3.8, 4) is 0 Å². The Morgan fingerprint density at radius 1 is 1.07 bits per heavy atom. The van der Waals surface area contributed by atoms with Crippen molar-refractivity contribution >= 4 is 11.9 Å². The van der Waals surface area contributed by atoms with Crippen LogP contribution in [0.1, 0.15) is 27.2 Å². The molecule has 0 aliphatic rings. The van der Waals surface area contributed by atoms with Gasteiger partial charge in [-0.2, -0.15) is 0 Å². The first-order valence-corrected chi connectivity index (χ1v) is 8.76. The van der Waals surface area contributed by atoms with Gasteiger partial charge in [0.25, 0.3) is 5.91 Å². The molecule has 0 radical (unpaired) electrons. The minimum absolute atomic E-state index is 0.265. The molecule has 2 N–H and O–H groups in total. The number of aromatic nitrogens is 2. The normalized spacial score (nSPS) is 10.4. The summed E-state index contributed by atoms with van der Waals surface area (Å²) in [6, 6.07) is 15.9. The number of halogens is 1. The number of amides is 1. The van der Waals surface area contributed by atoms with Crippen LogP contribution in [-0.2, 0) is 13.0 Å². The summed E-state index contributed by atoms with van der Waals surface area (Å²) in [7, 11) is 0. The van der Waals surface area contributed by atoms with E-state index in [0.717, 1.165) is 11.1 Å². The van der Waals surface area contributed by atoms with E-state index in [0.29, 0.717) is 31.2 Å². The van der Waals surface area contributed by atoms with Gasteiger partial charge >= 0.3 is 0 Å². The zero-order chi connectivity index (χ0) is 19.1. The van der Waals surface area contributed by atoms with Crippen molar-refractivity contribution in [1.29, 1.82) is 0 Å². The molecule has 0 aliphatic carbocycles. The van der Waals surface area contributed by atoms with Crippen molar-refractivity contribution in [3.63, 3.8) is 0 Å². The molecule has 5 nitrogen and oxygen atoms in total. The monoisotopic (exact) mass is 364 g/mol. The van der Waals surface area contributed by atoms with E-state index in [4.69, 9.17) is 0 Å². The zero-order valence-corrected chi connectivity index (χ0v) is 15.1. The highest BCUT2D eigenvalue weighted by molar-refractivity contribution is 5.92. The van der Waals surface area contributed by atoms with Crippen LogP contribution in [0, 0.1) is 12.7 Å². The van der Waals surface area contributed by atoms with E-state index < -0.39 is 0 Å². The second-order valence-corrected chi connectivity index (χ2v) is 6.18. The van der Waals surface area contributed by atoms with Gasteiger partial charge in [0.05, 0.1) is 0 Å². The minimum atomic E-state index is -0.269. The van der Waals surface area contributed by atoms with Crippen LogP contribution in [0.15, 0.2) is 60.8 Å². The largest absolute Gasteiger partial charge is 0.350 e. The Balaban J connectivity index is 1.53. The fraction of sp³-hybridized carbons (Fsp3) is 0.190. The van der Waals surface area contributed by atoms with E-state index in [1.165, 1.54) is 17.7 Å². The first-order valence-electron chi connectivity index (χ1n) is 8.76. The maximum atomic E-state index is 12.9. The van der Waals surface area contributed by atoms with Gasteiger partial charge in [0.15, 0.2) is 0 Å². The highest BCUT2D eigenvalue weighted by Crippen LogP contribution is 2.09. The maximum absolute atomic E-state index is 12.9. The van der Waals surface area contributed by atoms with Crippen LogP contribution in [-0.4, -0.2) is 22.4 Å². The molecule has 0 saturated heterocycles. The highest BCUT2D eigenvalue weighted by Gasteiger charge is 2.08. The molecule has 1 amide bonds. The molecule has 0 aliphatic heterocycles. The Kier molecular flexibility index (Phi) is 6.10. The summed E-state index contributed by atoms with van der Waals surface area (Å²) in [6.07, 6.45) is 2.18. The first-order chi connectivity index (χ1) is 13.1. The van der Waals surface area contributed by atoms with Crippen LogP contribution < -0.4 is 10.6 Å². The number of rotatable bonds is 7. The van der Waals surface area contributed by atoms with Crippen molar-refractivity contribution in [2.75, 3.05) is 11.9 Å². The molecule has 1 heterocycles. The Morgan fingerprint density at radius 3 is 2.63 bits per heavy atom. The number of benzene rings is 2. The smallest absolute Gasteiger partial charge is 0.270 e. The lowest BCUT2D eigenvalue weighted by Gasteiger charge is -2.09. The van der Waals surface area contributed by atoms with Crippen LogP contribution >= 0.6 is 0 Å². The van der Waals surface area contributed by atoms with Crippen molar-refractivity contribution < 1.29 is 9.18 Å². The lowest BCUT2D eigenvalue weighted by Crippen LogP contribution is -2.26. The van der Waals surface area contributed by atoms with Gasteiger partial charge in [0.2, 0.25) is 5.95 Å². The number of nitrogens with one attached hydrogen (secondary N) is 2. The SMILES string of the molecule is Cc1ccccc1CNc1nccc(C(=O)NCCc2ccc(F)cc2)n1. The van der Waals surface area contributed by atoms with Crippen LogP contribution in [0.2, 0.25) is 0 Å². The molecule has 0 saturated carbocycles. The first kappa shape index (κ1) is 18.5. The molecular formula is C21H21FN4O. The molecular weight excluding hydrogens is 343 g/mol. The molecule has 0 atom stereocenters. The van der Waals surface area contributed by atoms with Crippen LogP contribution in [0.25, 0.3) is 0 Å². The Labute approximate surface area is 157 Å². The number of nitrogens with zero attached hydrogens (tertiary/aromatic N) is 2. The molecule has 6 heteroatoms. The van der Waals surface area contributed by atoms with Crippen LogP contribution in [0.4, 0.5) is 10.3 Å². The summed E-state index contributed by atoms with van der Waals surface area (Å²) >= 11 is 0. The van der Waals surface area contributed by atoms with Gasteiger partial charge < -0.3 is 10.6 Å². The molecule has 0 fully saturated rings. The molecule has 1 aromatic heterocycles. The van der Waals surface area contributed by atoms with E-state index in [1.807, 2.05) is 31.2 Å². The molecule has 3 rings (SSSR count). The molecule has 0 bridgehead atoms. The molecule has 0 unspecified atom stereocenters. The van der Waals surface area contributed by atoms with Crippen LogP contribution in [0.3, 0.4) is 0 Å². The highest BCUT2D eigenvalue weighted by atomic mass is 19.1. The number of carbonyl (C=O) groups excluding carboxylic acids is 1. The number of hydrogen-bond donors (Lipinski definition) is 2. The number of anilines is 1. The lowest BCUT2D eigenvalue weighted by atomic mass is 10.1. The van der Waals surface area contributed by atoms with Crippen molar-refractivity contribution in [2.24, 2.45) is 0 Å². The quantitative estimate of drug-likeness (QED) is 0.673. The second kappa shape index (κ2) is 8.89. The fourth-order valence-corrected chi connectivity index (χ4v) is 2.62. The molecule has 27 heavy (non-hydrogen) atoms. The summed E-state index contributed by atoms with van der Waals surface area (Å²) in [5.74, 6) is -0.127. The number of hydrogen-bond acceptors (Lipinski definition) is 4. The predicted molar refractivity (Wildman–Crippen MR) is 103 cm³/mol. The topological polar surface area (TPSA) is 66.9 Å². The van der Waals surface area contributed by atoms with Gasteiger partial charge in [0.1, 0.15) is 11.5 Å². The third-order valence-corrected chi connectivity index (χ3v) is 4.20. The van der Waals surface area contributed by atoms with Gasteiger partial charge in [-0.25, -0.2) is 14.4 Å². The molecule has 138 valence electrons. The zero-order valence-electron chi connectivity index (χ0n) is 15.1. The Bertz CT molecular complexity index is 912. The van der Waals surface area contributed by atoms with Gasteiger partial charge in [0, 0.05) is 19.3 Å². The van der Waals surface area contributed by atoms with E-state index in [1.54, 1.807) is 24.4 Å². The summed E-state index contributed by atoms with van der Waals surface area (Å²) in [6.45, 7) is 3.08. The Morgan fingerprint density at radius 2 is 1.85 bits per heavy atom. The molecule has 3 aromatic rings. The average Bonchev–Trinajstić information content (AvgIpc) is 2.69. The van der Waals surface area contributed by atoms with Gasteiger partial charge in [-0.3, -0.25) is 4.79 Å². The maximum Gasteiger partial charge on any atom is 0.270 e. The number of carbonyl (C=O) groups is 1. The van der Waals surface area contributed by atoms with E-state index in [-0.39, 0.29) is 11.7 Å². The minimum Gasteiger partial charge on any atom is -0.350 e. The van der Waals surface area contributed by atoms with Crippen molar-refractivity contribution in [2.45, 2.75) is 19.9 Å². The summed E-state index contributed by atoms with van der Waals surface area (Å²) in [5.41, 5.74) is 3.59. The summed E-state index contributed by atoms with van der Waals surface area (Å²) in [4.78, 5) is 20.7. The Hall–Kier alpha value is -3.28. The second-order valence-electron chi connectivity index (χ2n) is 6.18. The van der Waals surface area contributed by atoms with E-state index in [2.05, 4.69) is 20.6 Å². The van der Waals surface area contributed by atoms with Crippen molar-refractivity contribution in [3.05, 3.63) is 89.0 Å². The van der Waals surface area contributed by atoms with Crippen molar-refractivity contribution in [1.82, 2.24) is 15.3 Å². The van der Waals surface area contributed by atoms with Gasteiger partial charge in [-0.15, -0.1) is 0 Å².